The van der Waals surface area contributed by atoms with E-state index in [-0.39, 0.29) is 5.91 Å². The summed E-state index contributed by atoms with van der Waals surface area (Å²) < 4.78 is 0. The minimum Gasteiger partial charge on any atom is -0.351 e. The summed E-state index contributed by atoms with van der Waals surface area (Å²) in [7, 11) is 0. The fourth-order valence-corrected chi connectivity index (χ4v) is 2.86. The van der Waals surface area contributed by atoms with Crippen LogP contribution < -0.4 is 5.32 Å². The van der Waals surface area contributed by atoms with Crippen molar-refractivity contribution in [1.29, 1.82) is 0 Å². The summed E-state index contributed by atoms with van der Waals surface area (Å²) in [5, 5.41) is 4.66. The van der Waals surface area contributed by atoms with Crippen LogP contribution in [-0.4, -0.2) is 10.9 Å². The Labute approximate surface area is 134 Å². The molecule has 0 spiro atoms. The van der Waals surface area contributed by atoms with Crippen molar-refractivity contribution in [2.45, 2.75) is 20.4 Å². The maximum Gasteiger partial charge on any atom is 0.267 e. The molecule has 3 aromatic rings. The molecule has 0 fully saturated rings. The first-order valence-corrected chi connectivity index (χ1v) is 7.53. The number of carbonyl (C=O) groups is 1. The number of H-pyrrole nitrogens is 1. The maximum atomic E-state index is 12.3. The standard InChI is InChI=1S/C18H17ClN2O/c1-11-6-12(2)15-9-17(21-16(15)7-11)18(22)20-10-13-4-3-5-14(19)8-13/h3-9,21H,10H2,1-2H3,(H,20,22). The second-order valence-corrected chi connectivity index (χ2v) is 5.98. The quantitative estimate of drug-likeness (QED) is 0.741. The van der Waals surface area contributed by atoms with E-state index in [0.29, 0.717) is 17.3 Å². The summed E-state index contributed by atoms with van der Waals surface area (Å²) in [5.74, 6) is -0.117. The van der Waals surface area contributed by atoms with Gasteiger partial charge in [0.2, 0.25) is 0 Å². The highest BCUT2D eigenvalue weighted by atomic mass is 35.5. The number of rotatable bonds is 3. The molecule has 1 amide bonds. The number of benzene rings is 2. The number of halogens is 1. The third-order valence-corrected chi connectivity index (χ3v) is 3.91. The molecule has 0 atom stereocenters. The van der Waals surface area contributed by atoms with E-state index in [1.807, 2.05) is 37.3 Å². The molecule has 1 heterocycles. The van der Waals surface area contributed by atoms with Gasteiger partial charge in [0.25, 0.3) is 5.91 Å². The van der Waals surface area contributed by atoms with Gasteiger partial charge in [-0.1, -0.05) is 29.8 Å². The number of aryl methyl sites for hydroxylation is 2. The number of carbonyl (C=O) groups excluding carboxylic acids is 1. The number of nitrogens with one attached hydrogen (secondary N) is 2. The van der Waals surface area contributed by atoms with Crippen LogP contribution in [-0.2, 0) is 6.54 Å². The molecule has 112 valence electrons. The van der Waals surface area contributed by atoms with Crippen molar-refractivity contribution in [3.05, 3.63) is 69.9 Å². The van der Waals surface area contributed by atoms with Crippen molar-refractivity contribution in [2.24, 2.45) is 0 Å². The van der Waals surface area contributed by atoms with E-state index >= 15 is 0 Å². The number of hydrogen-bond acceptors (Lipinski definition) is 1. The molecule has 3 rings (SSSR count). The van der Waals surface area contributed by atoms with Crippen LogP contribution in [0.1, 0.15) is 27.2 Å². The number of hydrogen-bond donors (Lipinski definition) is 2. The van der Waals surface area contributed by atoms with Gasteiger partial charge in [-0.25, -0.2) is 0 Å². The average Bonchev–Trinajstić information content (AvgIpc) is 2.89. The van der Waals surface area contributed by atoms with E-state index in [2.05, 4.69) is 29.4 Å². The normalized spacial score (nSPS) is 10.9. The van der Waals surface area contributed by atoms with E-state index < -0.39 is 0 Å². The van der Waals surface area contributed by atoms with Crippen molar-refractivity contribution in [2.75, 3.05) is 0 Å². The summed E-state index contributed by atoms with van der Waals surface area (Å²) in [6.07, 6.45) is 0. The molecule has 0 aliphatic carbocycles. The molecule has 0 saturated carbocycles. The largest absolute Gasteiger partial charge is 0.351 e. The Morgan fingerprint density at radius 2 is 2.00 bits per heavy atom. The lowest BCUT2D eigenvalue weighted by Crippen LogP contribution is -2.23. The zero-order valence-corrected chi connectivity index (χ0v) is 13.3. The average molecular weight is 313 g/mol. The van der Waals surface area contributed by atoms with Gasteiger partial charge in [-0.15, -0.1) is 0 Å². The van der Waals surface area contributed by atoms with Gasteiger partial charge >= 0.3 is 0 Å². The lowest BCUT2D eigenvalue weighted by atomic mass is 10.1. The van der Waals surface area contributed by atoms with E-state index in [0.717, 1.165) is 16.5 Å². The second-order valence-electron chi connectivity index (χ2n) is 5.54. The first-order chi connectivity index (χ1) is 10.5. The maximum absolute atomic E-state index is 12.3. The first-order valence-electron chi connectivity index (χ1n) is 7.15. The molecule has 4 heteroatoms. The monoisotopic (exact) mass is 312 g/mol. The molecule has 22 heavy (non-hydrogen) atoms. The topological polar surface area (TPSA) is 44.9 Å². The van der Waals surface area contributed by atoms with Gasteiger partial charge in [0, 0.05) is 22.5 Å². The predicted molar refractivity (Wildman–Crippen MR) is 90.4 cm³/mol. The van der Waals surface area contributed by atoms with Crippen LogP contribution in [0, 0.1) is 13.8 Å². The molecule has 2 N–H and O–H groups in total. The van der Waals surface area contributed by atoms with E-state index in [4.69, 9.17) is 11.6 Å². The molecular formula is C18H17ClN2O. The van der Waals surface area contributed by atoms with E-state index in [9.17, 15) is 4.79 Å². The molecule has 3 nitrogen and oxygen atoms in total. The highest BCUT2D eigenvalue weighted by Gasteiger charge is 2.11. The lowest BCUT2D eigenvalue weighted by Gasteiger charge is -2.04. The Kier molecular flexibility index (Phi) is 3.90. The zero-order valence-electron chi connectivity index (χ0n) is 12.5. The van der Waals surface area contributed by atoms with Crippen molar-refractivity contribution in [3.63, 3.8) is 0 Å². The van der Waals surface area contributed by atoms with Crippen molar-refractivity contribution >= 4 is 28.4 Å². The molecule has 0 saturated heterocycles. The van der Waals surface area contributed by atoms with Crippen molar-refractivity contribution in [3.8, 4) is 0 Å². The third kappa shape index (κ3) is 3.00. The van der Waals surface area contributed by atoms with Crippen LogP contribution in [0.2, 0.25) is 5.02 Å². The summed E-state index contributed by atoms with van der Waals surface area (Å²) in [4.78, 5) is 15.5. The molecule has 0 aliphatic rings. The molecule has 2 aromatic carbocycles. The van der Waals surface area contributed by atoms with Crippen LogP contribution in [0.15, 0.2) is 42.5 Å². The molecule has 0 bridgehead atoms. The Hall–Kier alpha value is -2.26. The van der Waals surface area contributed by atoms with E-state index in [1.54, 1.807) is 0 Å². The minimum atomic E-state index is -0.117. The number of aromatic amines is 1. The first kappa shape index (κ1) is 14.7. The van der Waals surface area contributed by atoms with Crippen LogP contribution in [0.3, 0.4) is 0 Å². The summed E-state index contributed by atoms with van der Waals surface area (Å²) >= 11 is 5.94. The lowest BCUT2D eigenvalue weighted by molar-refractivity contribution is 0.0947. The van der Waals surface area contributed by atoms with Crippen molar-refractivity contribution < 1.29 is 4.79 Å². The van der Waals surface area contributed by atoms with Gasteiger partial charge in [-0.2, -0.15) is 0 Å². The van der Waals surface area contributed by atoms with Crippen molar-refractivity contribution in [1.82, 2.24) is 10.3 Å². The fraction of sp³-hybridized carbons (Fsp3) is 0.167. The Bertz CT molecular complexity index is 851. The Balaban J connectivity index is 1.79. The fourth-order valence-electron chi connectivity index (χ4n) is 2.65. The SMILES string of the molecule is Cc1cc(C)c2cc(C(=O)NCc3cccc(Cl)c3)[nH]c2c1. The second kappa shape index (κ2) is 5.85. The molecule has 0 aliphatic heterocycles. The van der Waals surface area contributed by atoms with Gasteiger partial charge in [-0.3, -0.25) is 4.79 Å². The summed E-state index contributed by atoms with van der Waals surface area (Å²) in [5.41, 5.74) is 4.89. The van der Waals surface area contributed by atoms with Gasteiger partial charge in [0.15, 0.2) is 0 Å². The molecule has 0 unspecified atom stereocenters. The molecule has 1 aromatic heterocycles. The van der Waals surface area contributed by atoms with Gasteiger partial charge in [0.1, 0.15) is 5.69 Å². The van der Waals surface area contributed by atoms with Gasteiger partial charge in [-0.05, 0) is 54.8 Å². The highest BCUT2D eigenvalue weighted by Crippen LogP contribution is 2.21. The highest BCUT2D eigenvalue weighted by molar-refractivity contribution is 6.30. The molecule has 0 radical (unpaired) electrons. The van der Waals surface area contributed by atoms with Crippen LogP contribution >= 0.6 is 11.6 Å². The predicted octanol–water partition coefficient (Wildman–Crippen LogP) is 4.37. The molecular weight excluding hydrogens is 296 g/mol. The van der Waals surface area contributed by atoms with Gasteiger partial charge in [0.05, 0.1) is 0 Å². The minimum absolute atomic E-state index is 0.117. The summed E-state index contributed by atoms with van der Waals surface area (Å²) in [6, 6.07) is 13.5. The van der Waals surface area contributed by atoms with Crippen LogP contribution in [0.25, 0.3) is 10.9 Å². The number of aromatic nitrogens is 1. The van der Waals surface area contributed by atoms with Crippen LogP contribution in [0.5, 0.6) is 0 Å². The third-order valence-electron chi connectivity index (χ3n) is 3.68. The summed E-state index contributed by atoms with van der Waals surface area (Å²) in [6.45, 7) is 4.55. The van der Waals surface area contributed by atoms with Gasteiger partial charge < -0.3 is 10.3 Å². The Morgan fingerprint density at radius 1 is 1.18 bits per heavy atom. The zero-order chi connectivity index (χ0) is 15.7. The number of amides is 1. The van der Waals surface area contributed by atoms with Crippen LogP contribution in [0.4, 0.5) is 0 Å². The van der Waals surface area contributed by atoms with E-state index in [1.165, 1.54) is 11.1 Å². The Morgan fingerprint density at radius 3 is 2.77 bits per heavy atom. The smallest absolute Gasteiger partial charge is 0.267 e. The number of fused-ring (bicyclic) bond motifs is 1.